The molecule has 0 saturated carbocycles. The van der Waals surface area contributed by atoms with Gasteiger partial charge >= 0.3 is 5.97 Å². The summed E-state index contributed by atoms with van der Waals surface area (Å²) in [7, 11) is 0. The summed E-state index contributed by atoms with van der Waals surface area (Å²) < 4.78 is 11.2. The molecule has 3 rings (SSSR count). The van der Waals surface area contributed by atoms with Gasteiger partial charge in [-0.1, -0.05) is 71.0 Å². The van der Waals surface area contributed by atoms with Crippen LogP contribution in [-0.4, -0.2) is 31.6 Å². The SMILES string of the molecule is CCOC(=O)CCNC(=O)c1ccc(C(COc2cc(C)c(-c3ccc(C(C)(C)C)cc3)c(C)c2)C(C)C)cc1. The molecule has 5 heteroatoms. The van der Waals surface area contributed by atoms with E-state index in [0.29, 0.717) is 24.7 Å². The molecule has 1 amide bonds. The topological polar surface area (TPSA) is 64.6 Å². The molecule has 0 spiro atoms. The number of hydrogen-bond donors (Lipinski definition) is 1. The number of rotatable bonds is 11. The zero-order valence-electron chi connectivity index (χ0n) is 25.4. The summed E-state index contributed by atoms with van der Waals surface area (Å²) in [6.45, 7) is 18.3. The van der Waals surface area contributed by atoms with Gasteiger partial charge in [-0.25, -0.2) is 0 Å². The molecule has 0 heterocycles. The minimum atomic E-state index is -0.312. The highest BCUT2D eigenvalue weighted by atomic mass is 16.5. The van der Waals surface area contributed by atoms with Gasteiger partial charge < -0.3 is 14.8 Å². The first-order chi connectivity index (χ1) is 18.9. The molecule has 0 saturated heterocycles. The van der Waals surface area contributed by atoms with Crippen LogP contribution in [0.4, 0.5) is 0 Å². The molecule has 0 aliphatic carbocycles. The number of carbonyl (C=O) groups is 2. The van der Waals surface area contributed by atoms with Crippen LogP contribution < -0.4 is 10.1 Å². The van der Waals surface area contributed by atoms with Gasteiger partial charge in [-0.3, -0.25) is 9.59 Å². The second-order valence-electron chi connectivity index (χ2n) is 11.9. The van der Waals surface area contributed by atoms with Gasteiger partial charge in [0, 0.05) is 18.0 Å². The van der Waals surface area contributed by atoms with E-state index in [0.717, 1.165) is 11.3 Å². The normalized spacial score (nSPS) is 12.2. The average molecular weight is 544 g/mol. The fraction of sp³-hybridized carbons (Fsp3) is 0.429. The fourth-order valence-corrected chi connectivity index (χ4v) is 4.95. The van der Waals surface area contributed by atoms with Gasteiger partial charge in [0.25, 0.3) is 5.91 Å². The third-order valence-electron chi connectivity index (χ3n) is 7.30. The van der Waals surface area contributed by atoms with Crippen LogP contribution in [-0.2, 0) is 14.9 Å². The van der Waals surface area contributed by atoms with Crippen LogP contribution in [0.1, 0.15) is 86.5 Å². The van der Waals surface area contributed by atoms with Crippen molar-refractivity contribution in [1.29, 1.82) is 0 Å². The molecule has 5 nitrogen and oxygen atoms in total. The molecule has 214 valence electrons. The predicted octanol–water partition coefficient (Wildman–Crippen LogP) is 7.77. The Morgan fingerprint density at radius 3 is 2.02 bits per heavy atom. The lowest BCUT2D eigenvalue weighted by Crippen LogP contribution is -2.26. The van der Waals surface area contributed by atoms with E-state index < -0.39 is 0 Å². The molecule has 1 N–H and O–H groups in total. The second kappa shape index (κ2) is 13.6. The van der Waals surface area contributed by atoms with Crippen molar-refractivity contribution >= 4 is 11.9 Å². The number of hydrogen-bond acceptors (Lipinski definition) is 4. The Labute approximate surface area is 240 Å². The highest BCUT2D eigenvalue weighted by molar-refractivity contribution is 5.94. The smallest absolute Gasteiger partial charge is 0.307 e. The molecule has 0 radical (unpaired) electrons. The van der Waals surface area contributed by atoms with E-state index in [9.17, 15) is 9.59 Å². The number of aryl methyl sites for hydroxylation is 2. The van der Waals surface area contributed by atoms with E-state index in [4.69, 9.17) is 9.47 Å². The van der Waals surface area contributed by atoms with Crippen molar-refractivity contribution in [3.8, 4) is 16.9 Å². The zero-order chi connectivity index (χ0) is 29.4. The Hall–Kier alpha value is -3.60. The Bertz CT molecular complexity index is 1260. The van der Waals surface area contributed by atoms with Crippen LogP contribution in [0.25, 0.3) is 11.1 Å². The number of ether oxygens (including phenoxy) is 2. The van der Waals surface area contributed by atoms with Gasteiger partial charge in [0.1, 0.15) is 5.75 Å². The van der Waals surface area contributed by atoms with Gasteiger partial charge in [0.05, 0.1) is 19.6 Å². The minimum absolute atomic E-state index is 0.130. The van der Waals surface area contributed by atoms with Crippen molar-refractivity contribution in [3.63, 3.8) is 0 Å². The third kappa shape index (κ3) is 8.20. The Balaban J connectivity index is 1.66. The summed E-state index contributed by atoms with van der Waals surface area (Å²) in [6.07, 6.45) is 0.161. The summed E-state index contributed by atoms with van der Waals surface area (Å²) in [6, 6.07) is 20.8. The van der Waals surface area contributed by atoms with E-state index in [1.165, 1.54) is 27.8 Å². The molecule has 0 aromatic heterocycles. The lowest BCUT2D eigenvalue weighted by molar-refractivity contribution is -0.142. The zero-order valence-corrected chi connectivity index (χ0v) is 25.4. The second-order valence-corrected chi connectivity index (χ2v) is 11.9. The maximum atomic E-state index is 12.5. The van der Waals surface area contributed by atoms with E-state index in [2.05, 4.69) is 90.2 Å². The van der Waals surface area contributed by atoms with Gasteiger partial charge in [0.2, 0.25) is 0 Å². The van der Waals surface area contributed by atoms with Crippen LogP contribution in [0.5, 0.6) is 5.75 Å². The summed E-state index contributed by atoms with van der Waals surface area (Å²) >= 11 is 0. The lowest BCUT2D eigenvalue weighted by Gasteiger charge is -2.23. The minimum Gasteiger partial charge on any atom is -0.493 e. The van der Waals surface area contributed by atoms with Crippen molar-refractivity contribution in [1.82, 2.24) is 5.32 Å². The summed E-state index contributed by atoms with van der Waals surface area (Å²) in [5.74, 6) is 0.881. The van der Waals surface area contributed by atoms with Crippen LogP contribution in [0, 0.1) is 19.8 Å². The molecular formula is C35H45NO4. The Morgan fingerprint density at radius 1 is 0.900 bits per heavy atom. The molecule has 0 aliphatic rings. The van der Waals surface area contributed by atoms with Crippen molar-refractivity contribution < 1.29 is 19.1 Å². The third-order valence-corrected chi connectivity index (χ3v) is 7.30. The van der Waals surface area contributed by atoms with Gasteiger partial charge in [-0.05, 0) is 89.8 Å². The largest absolute Gasteiger partial charge is 0.493 e. The van der Waals surface area contributed by atoms with Crippen molar-refractivity contribution in [2.75, 3.05) is 19.8 Å². The first kappa shape index (κ1) is 30.9. The number of carbonyl (C=O) groups excluding carboxylic acids is 2. The standard InChI is InChI=1S/C35H45NO4/c1-9-39-32(37)18-19-36-34(38)28-12-10-26(11-13-28)31(23(2)3)22-40-30-20-24(4)33(25(5)21-30)27-14-16-29(17-15-27)35(6,7)8/h10-17,20-21,23,31H,9,18-19,22H2,1-8H3,(H,36,38). The molecule has 3 aromatic carbocycles. The first-order valence-electron chi connectivity index (χ1n) is 14.3. The maximum Gasteiger partial charge on any atom is 0.307 e. The van der Waals surface area contributed by atoms with Crippen molar-refractivity contribution in [2.24, 2.45) is 5.92 Å². The Morgan fingerprint density at radius 2 is 1.50 bits per heavy atom. The van der Waals surface area contributed by atoms with Crippen LogP contribution in [0.2, 0.25) is 0 Å². The number of esters is 1. The maximum absolute atomic E-state index is 12.5. The monoisotopic (exact) mass is 543 g/mol. The van der Waals surface area contributed by atoms with E-state index in [-0.39, 0.29) is 36.2 Å². The predicted molar refractivity (Wildman–Crippen MR) is 163 cm³/mol. The highest BCUT2D eigenvalue weighted by Gasteiger charge is 2.19. The molecule has 0 bridgehead atoms. The fourth-order valence-electron chi connectivity index (χ4n) is 4.95. The highest BCUT2D eigenvalue weighted by Crippen LogP contribution is 2.34. The summed E-state index contributed by atoms with van der Waals surface area (Å²) in [5, 5.41) is 2.78. The molecule has 1 unspecified atom stereocenters. The number of benzene rings is 3. The molecule has 40 heavy (non-hydrogen) atoms. The van der Waals surface area contributed by atoms with Crippen molar-refractivity contribution in [2.45, 2.75) is 73.1 Å². The Kier molecular flexibility index (Phi) is 10.6. The van der Waals surface area contributed by atoms with E-state index >= 15 is 0 Å². The van der Waals surface area contributed by atoms with E-state index in [1.807, 2.05) is 24.3 Å². The van der Waals surface area contributed by atoms with Gasteiger partial charge in [-0.2, -0.15) is 0 Å². The molecular weight excluding hydrogens is 498 g/mol. The average Bonchev–Trinajstić information content (AvgIpc) is 2.88. The quantitative estimate of drug-likeness (QED) is 0.251. The number of amides is 1. The van der Waals surface area contributed by atoms with Gasteiger partial charge in [-0.15, -0.1) is 0 Å². The molecule has 0 fully saturated rings. The molecule has 1 atom stereocenters. The van der Waals surface area contributed by atoms with Gasteiger partial charge in [0.15, 0.2) is 0 Å². The molecule has 0 aliphatic heterocycles. The van der Waals surface area contributed by atoms with Crippen molar-refractivity contribution in [3.05, 3.63) is 88.5 Å². The van der Waals surface area contributed by atoms with Crippen LogP contribution in [0.3, 0.4) is 0 Å². The first-order valence-corrected chi connectivity index (χ1v) is 14.3. The van der Waals surface area contributed by atoms with Crippen LogP contribution in [0.15, 0.2) is 60.7 Å². The number of nitrogens with one attached hydrogen (secondary N) is 1. The van der Waals surface area contributed by atoms with E-state index in [1.54, 1.807) is 6.92 Å². The summed E-state index contributed by atoms with van der Waals surface area (Å²) in [5.41, 5.74) is 8.01. The lowest BCUT2D eigenvalue weighted by atomic mass is 9.85. The summed E-state index contributed by atoms with van der Waals surface area (Å²) in [4.78, 5) is 24.0. The van der Waals surface area contributed by atoms with Crippen LogP contribution >= 0.6 is 0 Å². The molecule has 3 aromatic rings.